The third-order valence-electron chi connectivity index (χ3n) is 4.89. The number of aliphatic imine (C=N–C) groups is 2. The lowest BCUT2D eigenvalue weighted by Crippen LogP contribution is -2.30. The fourth-order valence-corrected chi connectivity index (χ4v) is 3.42. The molecule has 3 heterocycles. The predicted octanol–water partition coefficient (Wildman–Crippen LogP) is 3.56. The van der Waals surface area contributed by atoms with E-state index in [-0.39, 0.29) is 12.7 Å². The first-order valence-electron chi connectivity index (χ1n) is 9.31. The Balaban J connectivity index is 1.74. The van der Waals surface area contributed by atoms with Crippen molar-refractivity contribution in [3.63, 3.8) is 0 Å². The van der Waals surface area contributed by atoms with E-state index < -0.39 is 6.09 Å². The minimum Gasteiger partial charge on any atom is -0.491 e. The second-order valence-corrected chi connectivity index (χ2v) is 6.95. The number of cyclic esters (lactones) is 1. The molecule has 4 rings (SSSR count). The highest BCUT2D eigenvalue weighted by Crippen LogP contribution is 2.30. The molecule has 1 amide bonds. The molecule has 27 heavy (non-hydrogen) atoms. The number of benzene rings is 1. The van der Waals surface area contributed by atoms with E-state index >= 15 is 0 Å². The average Bonchev–Trinajstić information content (AvgIpc) is 3.08. The van der Waals surface area contributed by atoms with E-state index in [0.29, 0.717) is 25.9 Å². The molecule has 140 valence electrons. The Morgan fingerprint density at radius 3 is 3.07 bits per heavy atom. The summed E-state index contributed by atoms with van der Waals surface area (Å²) >= 11 is 0. The summed E-state index contributed by atoms with van der Waals surface area (Å²) in [7, 11) is 0. The summed E-state index contributed by atoms with van der Waals surface area (Å²) in [6.45, 7) is 5.31. The zero-order chi connectivity index (χ0) is 18.8. The Bertz CT molecular complexity index is 896. The number of alkyl carbamates (subject to hydrolysis) is 1. The molecule has 0 saturated carbocycles. The van der Waals surface area contributed by atoms with Crippen LogP contribution in [-0.2, 0) is 11.3 Å². The summed E-state index contributed by atoms with van der Waals surface area (Å²) in [6.07, 6.45) is 5.03. The van der Waals surface area contributed by atoms with Gasteiger partial charge >= 0.3 is 6.09 Å². The molecule has 0 aromatic heterocycles. The van der Waals surface area contributed by atoms with E-state index in [1.54, 1.807) is 0 Å². The summed E-state index contributed by atoms with van der Waals surface area (Å²) in [4.78, 5) is 21.4. The highest BCUT2D eigenvalue weighted by Gasteiger charge is 2.24. The highest BCUT2D eigenvalue weighted by molar-refractivity contribution is 6.17. The van der Waals surface area contributed by atoms with Crippen molar-refractivity contribution in [3.8, 4) is 5.75 Å². The van der Waals surface area contributed by atoms with Gasteiger partial charge in [-0.05, 0) is 43.2 Å². The minimum absolute atomic E-state index is 0.0256. The molecule has 0 radical (unpaired) electrons. The van der Waals surface area contributed by atoms with Gasteiger partial charge in [0.1, 0.15) is 12.4 Å². The molecule has 3 aliphatic heterocycles. The Hall–Kier alpha value is -2.89. The number of rotatable bonds is 0. The zero-order valence-corrected chi connectivity index (χ0v) is 15.6. The molecule has 1 aromatic carbocycles. The van der Waals surface area contributed by atoms with E-state index in [4.69, 9.17) is 19.5 Å². The number of amides is 1. The molecule has 6 nitrogen and oxygen atoms in total. The van der Waals surface area contributed by atoms with Crippen LogP contribution in [0.25, 0.3) is 0 Å². The van der Waals surface area contributed by atoms with Crippen molar-refractivity contribution in [3.05, 3.63) is 52.7 Å². The maximum atomic E-state index is 11.9. The van der Waals surface area contributed by atoms with Gasteiger partial charge in [-0.2, -0.15) is 0 Å². The molecule has 6 heteroatoms. The summed E-state index contributed by atoms with van der Waals surface area (Å²) in [5.41, 5.74) is 5.89. The molecule has 0 unspecified atom stereocenters. The van der Waals surface area contributed by atoms with Crippen molar-refractivity contribution in [1.82, 2.24) is 5.32 Å². The molecular weight excluding hydrogens is 342 g/mol. The van der Waals surface area contributed by atoms with Crippen LogP contribution < -0.4 is 10.1 Å². The first-order chi connectivity index (χ1) is 13.1. The lowest BCUT2D eigenvalue weighted by atomic mass is 9.98. The normalized spacial score (nSPS) is 23.8. The van der Waals surface area contributed by atoms with Crippen LogP contribution in [0.4, 0.5) is 4.79 Å². The van der Waals surface area contributed by atoms with Gasteiger partial charge in [0.25, 0.3) is 0 Å². The molecule has 0 fully saturated rings. The Kier molecular flexibility index (Phi) is 4.79. The fourth-order valence-electron chi connectivity index (χ4n) is 3.42. The lowest BCUT2D eigenvalue weighted by Gasteiger charge is -2.16. The number of fused-ring (bicyclic) bond motifs is 3. The molecular formula is C21H23N3O3. The molecule has 0 spiro atoms. The second kappa shape index (κ2) is 7.39. The van der Waals surface area contributed by atoms with Crippen molar-refractivity contribution >= 4 is 17.5 Å². The van der Waals surface area contributed by atoms with Gasteiger partial charge in [0.2, 0.25) is 0 Å². The maximum Gasteiger partial charge on any atom is 0.407 e. The molecule has 1 N–H and O–H groups in total. The van der Waals surface area contributed by atoms with Gasteiger partial charge in [0.05, 0.1) is 29.8 Å². The number of hydrogen-bond acceptors (Lipinski definition) is 5. The number of carbonyl (C=O) groups excluding carboxylic acids is 1. The van der Waals surface area contributed by atoms with Crippen molar-refractivity contribution in [2.45, 2.75) is 39.3 Å². The van der Waals surface area contributed by atoms with E-state index in [1.165, 1.54) is 5.56 Å². The van der Waals surface area contributed by atoms with Gasteiger partial charge in [-0.15, -0.1) is 0 Å². The maximum absolute atomic E-state index is 11.9. The minimum atomic E-state index is -0.432. The van der Waals surface area contributed by atoms with Crippen LogP contribution in [0.3, 0.4) is 0 Å². The Morgan fingerprint density at radius 1 is 1.33 bits per heavy atom. The molecule has 1 atom stereocenters. The second-order valence-electron chi connectivity index (χ2n) is 6.95. The highest BCUT2D eigenvalue weighted by atomic mass is 16.5. The smallest absolute Gasteiger partial charge is 0.407 e. The number of hydrogen-bond donors (Lipinski definition) is 1. The van der Waals surface area contributed by atoms with Crippen LogP contribution in [0, 0.1) is 0 Å². The van der Waals surface area contributed by atoms with Crippen LogP contribution in [-0.4, -0.2) is 36.8 Å². The number of nitrogens with zero attached hydrogens (tertiary/aromatic N) is 2. The quantitative estimate of drug-likeness (QED) is 0.764. The van der Waals surface area contributed by atoms with E-state index in [0.717, 1.165) is 34.0 Å². The van der Waals surface area contributed by atoms with Gasteiger partial charge in [0, 0.05) is 24.9 Å². The first-order valence-corrected chi connectivity index (χ1v) is 9.31. The van der Waals surface area contributed by atoms with Crippen molar-refractivity contribution < 1.29 is 14.3 Å². The SMILES string of the molecule is C/C=C1\C=C2N=C(COC(=O)NCC[C@@H](C)Oc3ccc4c(c3)C2=NC4)C1. The number of carbonyl (C=O) groups is 1. The number of allylic oxidation sites excluding steroid dienone is 4. The number of ether oxygens (including phenoxy) is 2. The van der Waals surface area contributed by atoms with E-state index in [2.05, 4.69) is 23.5 Å². The van der Waals surface area contributed by atoms with Crippen molar-refractivity contribution in [2.24, 2.45) is 9.98 Å². The van der Waals surface area contributed by atoms with E-state index in [9.17, 15) is 4.79 Å². The van der Waals surface area contributed by atoms with Gasteiger partial charge < -0.3 is 14.8 Å². The summed E-state index contributed by atoms with van der Waals surface area (Å²) in [6, 6.07) is 6.10. The number of nitrogens with one attached hydrogen (secondary N) is 1. The van der Waals surface area contributed by atoms with Crippen LogP contribution in [0.5, 0.6) is 5.75 Å². The standard InChI is InChI=1S/C21H23N3O3/c1-3-14-8-16-12-26-21(25)22-7-6-13(2)27-17-5-4-15-11-23-20(18(15)10-17)19(9-14)24-16/h3-5,9-10,13H,6-8,11-12H2,1-2H3,(H,22,25)/b14-3-/t13-/m1/s1. The van der Waals surface area contributed by atoms with Crippen LogP contribution in [0.2, 0.25) is 0 Å². The van der Waals surface area contributed by atoms with Gasteiger partial charge in [0.15, 0.2) is 0 Å². The monoisotopic (exact) mass is 365 g/mol. The Labute approximate surface area is 158 Å². The van der Waals surface area contributed by atoms with Crippen molar-refractivity contribution in [1.29, 1.82) is 0 Å². The third-order valence-corrected chi connectivity index (χ3v) is 4.89. The summed E-state index contributed by atoms with van der Waals surface area (Å²) in [5, 5.41) is 2.77. The average molecular weight is 365 g/mol. The molecule has 0 saturated heterocycles. The largest absolute Gasteiger partial charge is 0.491 e. The molecule has 0 aliphatic carbocycles. The summed E-state index contributed by atoms with van der Waals surface area (Å²) < 4.78 is 11.4. The Morgan fingerprint density at radius 2 is 2.22 bits per heavy atom. The fraction of sp³-hybridized carbons (Fsp3) is 0.381. The van der Waals surface area contributed by atoms with Crippen LogP contribution in [0.1, 0.15) is 37.8 Å². The molecule has 1 aromatic rings. The molecule has 4 bridgehead atoms. The van der Waals surface area contributed by atoms with Crippen molar-refractivity contribution in [2.75, 3.05) is 13.2 Å². The topological polar surface area (TPSA) is 72.3 Å². The predicted molar refractivity (Wildman–Crippen MR) is 105 cm³/mol. The van der Waals surface area contributed by atoms with E-state index in [1.807, 2.05) is 26.0 Å². The summed E-state index contributed by atoms with van der Waals surface area (Å²) in [5.74, 6) is 0.806. The van der Waals surface area contributed by atoms with Gasteiger partial charge in [-0.3, -0.25) is 9.98 Å². The van der Waals surface area contributed by atoms with Crippen LogP contribution >= 0.6 is 0 Å². The van der Waals surface area contributed by atoms with Gasteiger partial charge in [-0.1, -0.05) is 12.1 Å². The lowest BCUT2D eigenvalue weighted by molar-refractivity contribution is 0.158. The zero-order valence-electron chi connectivity index (χ0n) is 15.6. The van der Waals surface area contributed by atoms with Gasteiger partial charge in [-0.25, -0.2) is 4.79 Å². The first kappa shape index (κ1) is 17.5. The molecule has 3 aliphatic rings. The third kappa shape index (κ3) is 3.79. The van der Waals surface area contributed by atoms with Crippen LogP contribution in [0.15, 0.2) is 51.6 Å².